The Morgan fingerprint density at radius 2 is 1.56 bits per heavy atom. The van der Waals surface area contributed by atoms with Crippen LogP contribution in [0.3, 0.4) is 0 Å². The first-order valence-electron chi connectivity index (χ1n) is 10.5. The number of fused-ring (bicyclic) bond motifs is 1. The summed E-state index contributed by atoms with van der Waals surface area (Å²) in [6.45, 7) is 2.23. The van der Waals surface area contributed by atoms with E-state index >= 15 is 8.78 Å². The highest BCUT2D eigenvalue weighted by atomic mass is 19.3. The van der Waals surface area contributed by atoms with Crippen molar-refractivity contribution in [2.45, 2.75) is 32.4 Å². The molecule has 3 amide bonds. The van der Waals surface area contributed by atoms with Crippen molar-refractivity contribution >= 4 is 17.9 Å². The largest absolute Gasteiger partial charge is 0.445 e. The van der Waals surface area contributed by atoms with Crippen molar-refractivity contribution in [1.82, 2.24) is 9.80 Å². The number of hydrogen-bond donors (Lipinski definition) is 0. The lowest BCUT2D eigenvalue weighted by molar-refractivity contribution is -0.161. The number of likely N-dealkylation sites (tertiary alicyclic amines) is 1. The Morgan fingerprint density at radius 3 is 2.16 bits per heavy atom. The van der Waals surface area contributed by atoms with E-state index in [0.29, 0.717) is 0 Å². The molecule has 3 atom stereocenters. The van der Waals surface area contributed by atoms with Crippen molar-refractivity contribution in [2.24, 2.45) is 11.8 Å². The lowest BCUT2D eigenvalue weighted by Crippen LogP contribution is -2.62. The molecule has 0 radical (unpaired) electrons. The van der Waals surface area contributed by atoms with Crippen LogP contribution in [0, 0.1) is 11.8 Å². The van der Waals surface area contributed by atoms with Crippen LogP contribution in [0.15, 0.2) is 54.6 Å². The number of alkyl halides is 2. The van der Waals surface area contributed by atoms with Gasteiger partial charge in [0.05, 0.1) is 17.0 Å². The maximum atomic E-state index is 15.2. The third kappa shape index (κ3) is 3.74. The van der Waals surface area contributed by atoms with E-state index in [2.05, 4.69) is 0 Å². The molecule has 2 aliphatic rings. The zero-order valence-electron chi connectivity index (χ0n) is 17.8. The van der Waals surface area contributed by atoms with Crippen molar-refractivity contribution in [3.8, 4) is 0 Å². The first kappa shape index (κ1) is 21.9. The van der Waals surface area contributed by atoms with Crippen LogP contribution in [0.1, 0.15) is 40.1 Å². The van der Waals surface area contributed by atoms with Crippen molar-refractivity contribution in [3.63, 3.8) is 0 Å². The van der Waals surface area contributed by atoms with Crippen LogP contribution in [0.5, 0.6) is 0 Å². The Labute approximate surface area is 184 Å². The number of nitrogens with zero attached hydrogens (tertiary/aromatic N) is 2. The number of imide groups is 1. The van der Waals surface area contributed by atoms with Crippen LogP contribution in [0.25, 0.3) is 0 Å². The summed E-state index contributed by atoms with van der Waals surface area (Å²) in [7, 11) is 0. The Balaban J connectivity index is 1.52. The van der Waals surface area contributed by atoms with Gasteiger partial charge in [0, 0.05) is 25.0 Å². The summed E-state index contributed by atoms with van der Waals surface area (Å²) < 4.78 is 35.8. The minimum Gasteiger partial charge on any atom is -0.445 e. The molecule has 0 aromatic heterocycles. The molecule has 32 heavy (non-hydrogen) atoms. The van der Waals surface area contributed by atoms with Crippen molar-refractivity contribution in [3.05, 3.63) is 71.3 Å². The first-order chi connectivity index (χ1) is 15.2. The molecule has 0 N–H and O–H groups in total. The van der Waals surface area contributed by atoms with E-state index in [0.717, 1.165) is 10.5 Å². The number of halogens is 2. The second-order valence-electron chi connectivity index (χ2n) is 8.38. The highest BCUT2D eigenvalue weighted by Gasteiger charge is 2.56. The summed E-state index contributed by atoms with van der Waals surface area (Å²) in [6.07, 6.45) is -0.698. The molecule has 4 rings (SSSR count). The van der Waals surface area contributed by atoms with Gasteiger partial charge in [-0.15, -0.1) is 0 Å². The summed E-state index contributed by atoms with van der Waals surface area (Å²) in [5, 5.41) is 0. The van der Waals surface area contributed by atoms with Gasteiger partial charge in [-0.1, -0.05) is 49.4 Å². The second kappa shape index (κ2) is 8.33. The molecule has 0 unspecified atom stereocenters. The molecule has 1 saturated heterocycles. The van der Waals surface area contributed by atoms with Crippen molar-refractivity contribution in [2.75, 3.05) is 13.1 Å². The molecular formula is C24H24F2N2O4. The van der Waals surface area contributed by atoms with Gasteiger partial charge in [-0.05, 0) is 24.6 Å². The fourth-order valence-electron chi connectivity index (χ4n) is 4.41. The minimum absolute atomic E-state index is 0.0245. The number of carbonyl (C=O) groups excluding carboxylic acids is 3. The first-order valence-corrected chi connectivity index (χ1v) is 10.5. The maximum absolute atomic E-state index is 15.2. The van der Waals surface area contributed by atoms with E-state index in [-0.39, 0.29) is 24.3 Å². The fourth-order valence-corrected chi connectivity index (χ4v) is 4.41. The Morgan fingerprint density at radius 1 is 1.00 bits per heavy atom. The maximum Gasteiger partial charge on any atom is 0.410 e. The van der Waals surface area contributed by atoms with Crippen LogP contribution in [-0.4, -0.2) is 52.8 Å². The third-order valence-corrected chi connectivity index (χ3v) is 6.39. The Hall–Kier alpha value is -3.29. The van der Waals surface area contributed by atoms with Gasteiger partial charge in [0.1, 0.15) is 6.61 Å². The van der Waals surface area contributed by atoms with Gasteiger partial charge in [-0.25, -0.2) is 13.6 Å². The van der Waals surface area contributed by atoms with Gasteiger partial charge in [-0.2, -0.15) is 0 Å². The zero-order valence-corrected chi connectivity index (χ0v) is 17.8. The Bertz CT molecular complexity index is 1010. The van der Waals surface area contributed by atoms with E-state index in [4.69, 9.17) is 4.74 Å². The van der Waals surface area contributed by atoms with Crippen LogP contribution >= 0.6 is 0 Å². The number of amides is 3. The van der Waals surface area contributed by atoms with Gasteiger partial charge in [0.25, 0.3) is 17.7 Å². The van der Waals surface area contributed by atoms with Crippen molar-refractivity contribution in [1.29, 1.82) is 0 Å². The summed E-state index contributed by atoms with van der Waals surface area (Å²) in [6, 6.07) is 14.4. The summed E-state index contributed by atoms with van der Waals surface area (Å²) in [4.78, 5) is 40.3. The summed E-state index contributed by atoms with van der Waals surface area (Å²) >= 11 is 0. The summed E-state index contributed by atoms with van der Waals surface area (Å²) in [5.41, 5.74) is 1.19. The normalized spacial score (nSPS) is 24.4. The quantitative estimate of drug-likeness (QED) is 0.666. The second-order valence-corrected chi connectivity index (χ2v) is 8.38. The molecule has 0 spiro atoms. The van der Waals surface area contributed by atoms with E-state index in [9.17, 15) is 14.4 Å². The molecular weight excluding hydrogens is 418 g/mol. The third-order valence-electron chi connectivity index (χ3n) is 6.39. The molecule has 2 aliphatic heterocycles. The van der Waals surface area contributed by atoms with Crippen LogP contribution in [-0.2, 0) is 11.3 Å². The van der Waals surface area contributed by atoms with Gasteiger partial charge in [-0.3, -0.25) is 14.5 Å². The number of hydrogen-bond acceptors (Lipinski definition) is 4. The van der Waals surface area contributed by atoms with Crippen LogP contribution in [0.2, 0.25) is 0 Å². The van der Waals surface area contributed by atoms with Crippen molar-refractivity contribution < 1.29 is 27.9 Å². The average molecular weight is 442 g/mol. The monoisotopic (exact) mass is 442 g/mol. The van der Waals surface area contributed by atoms with Gasteiger partial charge < -0.3 is 9.64 Å². The number of carbonyl (C=O) groups is 3. The lowest BCUT2D eigenvalue weighted by Gasteiger charge is -2.47. The number of ether oxygens (including phenoxy) is 1. The van der Waals surface area contributed by atoms with E-state index in [1.54, 1.807) is 24.3 Å². The Kier molecular flexibility index (Phi) is 5.71. The molecule has 0 bridgehead atoms. The molecule has 1 fully saturated rings. The number of rotatable bonds is 4. The highest BCUT2D eigenvalue weighted by molar-refractivity contribution is 6.21. The molecule has 6 nitrogen and oxygen atoms in total. The number of benzene rings is 2. The predicted octanol–water partition coefficient (Wildman–Crippen LogP) is 4.21. The average Bonchev–Trinajstić information content (AvgIpc) is 3.03. The molecule has 8 heteroatoms. The molecule has 0 saturated carbocycles. The van der Waals surface area contributed by atoms with Gasteiger partial charge >= 0.3 is 6.09 Å². The molecule has 2 heterocycles. The van der Waals surface area contributed by atoms with Gasteiger partial charge in [0.15, 0.2) is 0 Å². The van der Waals surface area contributed by atoms with Crippen LogP contribution < -0.4 is 0 Å². The highest BCUT2D eigenvalue weighted by Crippen LogP contribution is 2.42. The SMILES string of the molecule is C[C@H]1[C@@H](CN2C(=O)c3ccccc3C2=O)C(F)(F)[C@@H](C)CN1C(=O)OCc1ccccc1. The summed E-state index contributed by atoms with van der Waals surface area (Å²) in [5.74, 6) is -6.94. The minimum atomic E-state index is -3.18. The molecule has 168 valence electrons. The topological polar surface area (TPSA) is 66.9 Å². The molecule has 2 aromatic carbocycles. The standard InChI is InChI=1S/C24H24F2N2O4/c1-15-12-27(23(31)32-14-17-8-4-3-5-9-17)16(2)20(24(15,25)26)13-28-21(29)18-10-6-7-11-19(18)22(28)30/h3-11,15-16,20H,12-14H2,1-2H3/t15-,16-,20+/m0/s1. The predicted molar refractivity (Wildman–Crippen MR) is 112 cm³/mol. The van der Waals surface area contributed by atoms with E-state index in [1.807, 2.05) is 18.2 Å². The lowest BCUT2D eigenvalue weighted by atomic mass is 9.80. The zero-order chi connectivity index (χ0) is 23.0. The molecule has 0 aliphatic carbocycles. The fraction of sp³-hybridized carbons (Fsp3) is 0.375. The molecule has 2 aromatic rings. The van der Waals surface area contributed by atoms with Gasteiger partial charge in [0.2, 0.25) is 0 Å². The van der Waals surface area contributed by atoms with E-state index in [1.165, 1.54) is 30.9 Å². The smallest absolute Gasteiger partial charge is 0.410 e. The van der Waals surface area contributed by atoms with Crippen LogP contribution in [0.4, 0.5) is 13.6 Å². The van der Waals surface area contributed by atoms with E-state index < -0.39 is 48.3 Å². The number of piperidine rings is 1.